The molecule has 4 rings (SSSR count). The van der Waals surface area contributed by atoms with E-state index in [1.54, 1.807) is 0 Å². The van der Waals surface area contributed by atoms with Gasteiger partial charge in [0.05, 0.1) is 18.9 Å². The van der Waals surface area contributed by atoms with Crippen LogP contribution >= 0.6 is 0 Å². The highest BCUT2D eigenvalue weighted by atomic mass is 16.5. The quantitative estimate of drug-likeness (QED) is 0.658. The molecular weight excluding hydrogens is 350 g/mol. The van der Waals surface area contributed by atoms with Crippen molar-refractivity contribution in [1.29, 1.82) is 0 Å². The molecule has 2 aromatic carbocycles. The van der Waals surface area contributed by atoms with Crippen LogP contribution in [0.5, 0.6) is 0 Å². The average Bonchev–Trinajstić information content (AvgIpc) is 2.76. The highest BCUT2D eigenvalue weighted by molar-refractivity contribution is 5.67. The molecule has 0 aliphatic carbocycles. The van der Waals surface area contributed by atoms with E-state index in [-0.39, 0.29) is 0 Å². The molecule has 28 heavy (non-hydrogen) atoms. The lowest BCUT2D eigenvalue weighted by molar-refractivity contribution is 0.0398. The Morgan fingerprint density at radius 3 is 2.36 bits per heavy atom. The summed E-state index contributed by atoms with van der Waals surface area (Å²) in [5.74, 6) is 1.40. The van der Waals surface area contributed by atoms with Gasteiger partial charge in [-0.05, 0) is 12.1 Å². The topological polar surface area (TPSA) is 62.3 Å². The summed E-state index contributed by atoms with van der Waals surface area (Å²) in [4.78, 5) is 11.8. The molecule has 0 unspecified atom stereocenters. The number of aromatic nitrogens is 2. The maximum absolute atomic E-state index is 5.41. The molecule has 1 aliphatic heterocycles. The zero-order chi connectivity index (χ0) is 19.0. The van der Waals surface area contributed by atoms with E-state index in [9.17, 15) is 0 Å². The molecule has 1 aliphatic rings. The van der Waals surface area contributed by atoms with Crippen LogP contribution in [0.25, 0.3) is 11.3 Å². The molecule has 0 saturated carbocycles. The molecule has 6 nitrogen and oxygen atoms in total. The maximum Gasteiger partial charge on any atom is 0.225 e. The number of para-hydroxylation sites is 1. The smallest absolute Gasteiger partial charge is 0.225 e. The van der Waals surface area contributed by atoms with Gasteiger partial charge in [-0.15, -0.1) is 0 Å². The third kappa shape index (κ3) is 5.06. The molecule has 144 valence electrons. The van der Waals surface area contributed by atoms with Gasteiger partial charge < -0.3 is 15.4 Å². The second-order valence-corrected chi connectivity index (χ2v) is 6.70. The standard InChI is InChI=1S/C22H25N5O/c1-3-7-18(8-4-1)20-17-21(24-19-9-5-2-6-10-19)26-22(25-20)23-11-12-27-13-15-28-16-14-27/h1-10,17H,11-16H2,(H2,23,24,25,26). The average molecular weight is 375 g/mol. The van der Waals surface area contributed by atoms with Crippen molar-refractivity contribution in [2.75, 3.05) is 50.0 Å². The van der Waals surface area contributed by atoms with Gasteiger partial charge in [-0.3, -0.25) is 4.90 Å². The summed E-state index contributed by atoms with van der Waals surface area (Å²) in [6.07, 6.45) is 0. The van der Waals surface area contributed by atoms with Gasteiger partial charge in [0, 0.05) is 43.5 Å². The molecule has 6 heteroatoms. The number of hydrogen-bond acceptors (Lipinski definition) is 6. The Balaban J connectivity index is 1.51. The third-order valence-electron chi connectivity index (χ3n) is 4.66. The Morgan fingerprint density at radius 1 is 0.893 bits per heavy atom. The fraction of sp³-hybridized carbons (Fsp3) is 0.273. The minimum atomic E-state index is 0.632. The zero-order valence-corrected chi connectivity index (χ0v) is 15.8. The molecule has 1 fully saturated rings. The van der Waals surface area contributed by atoms with Crippen LogP contribution in [0.2, 0.25) is 0 Å². The summed E-state index contributed by atoms with van der Waals surface area (Å²) in [6.45, 7) is 5.32. The summed E-state index contributed by atoms with van der Waals surface area (Å²) in [7, 11) is 0. The van der Waals surface area contributed by atoms with Crippen molar-refractivity contribution in [3.05, 3.63) is 66.7 Å². The Hall–Kier alpha value is -2.96. The molecular formula is C22H25N5O. The van der Waals surface area contributed by atoms with Crippen molar-refractivity contribution in [2.45, 2.75) is 0 Å². The highest BCUT2D eigenvalue weighted by Crippen LogP contribution is 2.23. The maximum atomic E-state index is 5.41. The first-order chi connectivity index (χ1) is 13.9. The monoisotopic (exact) mass is 375 g/mol. The van der Waals surface area contributed by atoms with Crippen LogP contribution in [0.3, 0.4) is 0 Å². The number of nitrogens with zero attached hydrogens (tertiary/aromatic N) is 3. The van der Waals surface area contributed by atoms with E-state index in [4.69, 9.17) is 9.72 Å². The Labute approximate surface area is 165 Å². The van der Waals surface area contributed by atoms with Gasteiger partial charge in [0.15, 0.2) is 0 Å². The van der Waals surface area contributed by atoms with Gasteiger partial charge in [-0.2, -0.15) is 4.98 Å². The van der Waals surface area contributed by atoms with Crippen molar-refractivity contribution in [1.82, 2.24) is 14.9 Å². The van der Waals surface area contributed by atoms with Crippen LogP contribution in [0.1, 0.15) is 0 Å². The second-order valence-electron chi connectivity index (χ2n) is 6.70. The van der Waals surface area contributed by atoms with E-state index in [1.807, 2.05) is 54.6 Å². The summed E-state index contributed by atoms with van der Waals surface area (Å²) >= 11 is 0. The Morgan fingerprint density at radius 2 is 1.61 bits per heavy atom. The number of morpholine rings is 1. The number of hydrogen-bond donors (Lipinski definition) is 2. The minimum absolute atomic E-state index is 0.632. The van der Waals surface area contributed by atoms with Gasteiger partial charge in [0.25, 0.3) is 0 Å². The third-order valence-corrected chi connectivity index (χ3v) is 4.66. The number of rotatable bonds is 7. The van der Waals surface area contributed by atoms with Gasteiger partial charge in [-0.1, -0.05) is 48.5 Å². The first-order valence-corrected chi connectivity index (χ1v) is 9.67. The number of ether oxygens (including phenoxy) is 1. The Bertz CT molecular complexity index is 867. The SMILES string of the molecule is c1ccc(Nc2cc(-c3ccccc3)nc(NCCN3CCOCC3)n2)cc1. The first kappa shape index (κ1) is 18.4. The van der Waals surface area contributed by atoms with Crippen LogP contribution in [-0.4, -0.2) is 54.3 Å². The molecule has 1 aromatic heterocycles. The van der Waals surface area contributed by atoms with Crippen LogP contribution in [0, 0.1) is 0 Å². The predicted octanol–water partition coefficient (Wildman–Crippen LogP) is 3.63. The lowest BCUT2D eigenvalue weighted by atomic mass is 10.1. The molecule has 2 heterocycles. The summed E-state index contributed by atoms with van der Waals surface area (Å²) in [5.41, 5.74) is 2.96. The number of benzene rings is 2. The minimum Gasteiger partial charge on any atom is -0.379 e. The van der Waals surface area contributed by atoms with Crippen LogP contribution in [0.15, 0.2) is 66.7 Å². The fourth-order valence-electron chi connectivity index (χ4n) is 3.17. The molecule has 2 N–H and O–H groups in total. The lowest BCUT2D eigenvalue weighted by Gasteiger charge is -2.26. The molecule has 0 spiro atoms. The summed E-state index contributed by atoms with van der Waals surface area (Å²) in [5, 5.41) is 6.76. The van der Waals surface area contributed by atoms with Gasteiger partial charge in [0.1, 0.15) is 5.82 Å². The molecule has 3 aromatic rings. The van der Waals surface area contributed by atoms with E-state index in [0.29, 0.717) is 5.95 Å². The van der Waals surface area contributed by atoms with Crippen LogP contribution < -0.4 is 10.6 Å². The van der Waals surface area contributed by atoms with Crippen molar-refractivity contribution < 1.29 is 4.74 Å². The lowest BCUT2D eigenvalue weighted by Crippen LogP contribution is -2.39. The van der Waals surface area contributed by atoms with Gasteiger partial charge >= 0.3 is 0 Å². The van der Waals surface area contributed by atoms with Crippen molar-refractivity contribution in [2.24, 2.45) is 0 Å². The number of nitrogens with one attached hydrogen (secondary N) is 2. The van der Waals surface area contributed by atoms with Crippen molar-refractivity contribution in [3.8, 4) is 11.3 Å². The van der Waals surface area contributed by atoms with Crippen molar-refractivity contribution >= 4 is 17.5 Å². The zero-order valence-electron chi connectivity index (χ0n) is 15.8. The van der Waals surface area contributed by atoms with Crippen LogP contribution in [0.4, 0.5) is 17.5 Å². The van der Waals surface area contributed by atoms with E-state index < -0.39 is 0 Å². The van der Waals surface area contributed by atoms with Crippen LogP contribution in [-0.2, 0) is 4.74 Å². The second kappa shape index (κ2) is 9.30. The molecule has 0 amide bonds. The molecule has 0 bridgehead atoms. The summed E-state index contributed by atoms with van der Waals surface area (Å²) < 4.78 is 5.41. The molecule has 1 saturated heterocycles. The van der Waals surface area contributed by atoms with Crippen molar-refractivity contribution in [3.63, 3.8) is 0 Å². The van der Waals surface area contributed by atoms with E-state index in [0.717, 1.165) is 62.2 Å². The predicted molar refractivity (Wildman–Crippen MR) is 113 cm³/mol. The van der Waals surface area contributed by atoms with E-state index in [1.165, 1.54) is 0 Å². The highest BCUT2D eigenvalue weighted by Gasteiger charge is 2.11. The largest absolute Gasteiger partial charge is 0.379 e. The summed E-state index contributed by atoms with van der Waals surface area (Å²) in [6, 6.07) is 22.2. The number of anilines is 3. The van der Waals surface area contributed by atoms with E-state index in [2.05, 4.69) is 32.7 Å². The molecule has 0 atom stereocenters. The Kier molecular flexibility index (Phi) is 6.11. The fourth-order valence-corrected chi connectivity index (χ4v) is 3.17. The van der Waals surface area contributed by atoms with E-state index >= 15 is 0 Å². The van der Waals surface area contributed by atoms with Gasteiger partial charge in [-0.25, -0.2) is 4.98 Å². The normalized spacial score (nSPS) is 14.6. The van der Waals surface area contributed by atoms with Gasteiger partial charge in [0.2, 0.25) is 5.95 Å². The molecule has 0 radical (unpaired) electrons. The first-order valence-electron chi connectivity index (χ1n) is 9.67.